The molecule has 4 aromatic rings. The number of benzene rings is 2. The summed E-state index contributed by atoms with van der Waals surface area (Å²) < 4.78 is 1.78. The minimum Gasteiger partial charge on any atom is -0.384 e. The number of anilines is 2. The zero-order valence-electron chi connectivity index (χ0n) is 13.9. The second kappa shape index (κ2) is 5.49. The number of aromatic nitrogens is 3. The minimum atomic E-state index is 0.352. The van der Waals surface area contributed by atoms with E-state index < -0.39 is 0 Å². The highest BCUT2D eigenvalue weighted by Crippen LogP contribution is 2.30. The van der Waals surface area contributed by atoms with E-state index in [0.29, 0.717) is 22.5 Å². The summed E-state index contributed by atoms with van der Waals surface area (Å²) >= 11 is 0. The van der Waals surface area contributed by atoms with Gasteiger partial charge in [-0.3, -0.25) is 4.57 Å². The van der Waals surface area contributed by atoms with E-state index in [1.54, 1.807) is 4.57 Å². The van der Waals surface area contributed by atoms with Crippen molar-refractivity contribution in [3.63, 3.8) is 0 Å². The Bertz CT molecular complexity index is 1130. The number of nitrogen functional groups attached to an aromatic ring is 1. The van der Waals surface area contributed by atoms with Gasteiger partial charge in [-0.05, 0) is 36.4 Å². The Morgan fingerprint density at radius 1 is 1.00 bits per heavy atom. The molecule has 4 rings (SSSR count). The van der Waals surface area contributed by atoms with Crippen LogP contribution in [0.2, 0.25) is 0 Å². The number of rotatable bonds is 2. The zero-order chi connectivity index (χ0) is 17.6. The van der Waals surface area contributed by atoms with Crippen LogP contribution in [0.25, 0.3) is 27.9 Å². The maximum Gasteiger partial charge on any atom is 0.167 e. The fourth-order valence-corrected chi connectivity index (χ4v) is 2.93. The first-order valence-corrected chi connectivity index (χ1v) is 7.84. The van der Waals surface area contributed by atoms with Gasteiger partial charge in [0, 0.05) is 25.5 Å². The predicted molar refractivity (Wildman–Crippen MR) is 99.8 cm³/mol. The van der Waals surface area contributed by atoms with E-state index in [4.69, 9.17) is 10.7 Å². The summed E-state index contributed by atoms with van der Waals surface area (Å²) in [4.78, 5) is 11.3. The van der Waals surface area contributed by atoms with Crippen molar-refractivity contribution in [2.75, 3.05) is 24.7 Å². The van der Waals surface area contributed by atoms with Crippen molar-refractivity contribution in [2.45, 2.75) is 0 Å². The maximum atomic E-state index is 9.55. The molecule has 2 N–H and O–H groups in total. The van der Waals surface area contributed by atoms with Crippen LogP contribution < -0.4 is 10.6 Å². The van der Waals surface area contributed by atoms with Crippen LogP contribution in [0.15, 0.2) is 48.5 Å². The molecule has 0 saturated heterocycles. The molecular formula is C19H16N6. The molecule has 6 nitrogen and oxygen atoms in total. The largest absolute Gasteiger partial charge is 0.384 e. The van der Waals surface area contributed by atoms with E-state index in [1.807, 2.05) is 67.5 Å². The smallest absolute Gasteiger partial charge is 0.167 e. The number of nitrogens with zero attached hydrogens (tertiary/aromatic N) is 5. The van der Waals surface area contributed by atoms with Crippen molar-refractivity contribution in [3.8, 4) is 11.8 Å². The molecular weight excluding hydrogens is 312 g/mol. The lowest BCUT2D eigenvalue weighted by Crippen LogP contribution is -2.08. The molecule has 2 aromatic carbocycles. The maximum absolute atomic E-state index is 9.55. The lowest BCUT2D eigenvalue weighted by molar-refractivity contribution is 1.09. The topological polar surface area (TPSA) is 83.8 Å². The fraction of sp³-hybridized carbons (Fsp3) is 0.105. The number of fused-ring (bicyclic) bond motifs is 2. The Hall–Kier alpha value is -3.59. The molecule has 0 unspecified atom stereocenters. The van der Waals surface area contributed by atoms with Gasteiger partial charge in [0.05, 0.1) is 11.0 Å². The van der Waals surface area contributed by atoms with Crippen molar-refractivity contribution in [1.82, 2.24) is 14.5 Å². The normalized spacial score (nSPS) is 10.9. The summed E-state index contributed by atoms with van der Waals surface area (Å²) in [6.07, 6.45) is 0. The highest BCUT2D eigenvalue weighted by Gasteiger charge is 2.19. The Kier molecular flexibility index (Phi) is 3.29. The average molecular weight is 328 g/mol. The summed E-state index contributed by atoms with van der Waals surface area (Å²) in [6, 6.07) is 17.7. The number of nitriles is 1. The number of hydrogen-bond donors (Lipinski definition) is 1. The second-order valence-corrected chi connectivity index (χ2v) is 6.00. The SMILES string of the molecule is CN(C)c1ccc(-n2c(N)c(C#N)c3nc4ccccc4nc32)cc1. The Morgan fingerprint density at radius 3 is 2.24 bits per heavy atom. The third-order valence-corrected chi connectivity index (χ3v) is 4.23. The number of hydrogen-bond acceptors (Lipinski definition) is 5. The van der Waals surface area contributed by atoms with Crippen LogP contribution in [0.4, 0.5) is 11.5 Å². The molecule has 0 fully saturated rings. The van der Waals surface area contributed by atoms with Gasteiger partial charge in [-0.25, -0.2) is 9.97 Å². The quantitative estimate of drug-likeness (QED) is 0.611. The first kappa shape index (κ1) is 15.0. The molecule has 0 aliphatic heterocycles. The van der Waals surface area contributed by atoms with Crippen LogP contribution in [-0.4, -0.2) is 28.6 Å². The number of nitrogens with two attached hydrogens (primary N) is 1. The van der Waals surface area contributed by atoms with Crippen LogP contribution in [0, 0.1) is 11.3 Å². The van der Waals surface area contributed by atoms with Gasteiger partial charge in [0.1, 0.15) is 23.0 Å². The Balaban J connectivity index is 2.04. The van der Waals surface area contributed by atoms with Crippen molar-refractivity contribution < 1.29 is 0 Å². The first-order chi connectivity index (χ1) is 12.1. The van der Waals surface area contributed by atoms with Gasteiger partial charge in [-0.1, -0.05) is 12.1 Å². The molecule has 0 bridgehead atoms. The lowest BCUT2D eigenvalue weighted by Gasteiger charge is -2.14. The summed E-state index contributed by atoms with van der Waals surface area (Å²) in [6.45, 7) is 0. The molecule has 2 heterocycles. The molecule has 6 heteroatoms. The zero-order valence-corrected chi connectivity index (χ0v) is 13.9. The first-order valence-electron chi connectivity index (χ1n) is 7.84. The van der Waals surface area contributed by atoms with Crippen molar-refractivity contribution in [2.24, 2.45) is 0 Å². The van der Waals surface area contributed by atoms with Crippen LogP contribution in [-0.2, 0) is 0 Å². The van der Waals surface area contributed by atoms with Gasteiger partial charge in [0.25, 0.3) is 0 Å². The Morgan fingerprint density at radius 2 is 1.64 bits per heavy atom. The summed E-state index contributed by atoms with van der Waals surface area (Å²) in [5, 5.41) is 9.55. The molecule has 0 radical (unpaired) electrons. The van der Waals surface area contributed by atoms with E-state index in [-0.39, 0.29) is 0 Å². The lowest BCUT2D eigenvalue weighted by atomic mass is 10.2. The van der Waals surface area contributed by atoms with E-state index in [1.165, 1.54) is 0 Å². The molecule has 2 aromatic heterocycles. The molecule has 25 heavy (non-hydrogen) atoms. The molecule has 0 aliphatic carbocycles. The Labute approximate surface area is 144 Å². The van der Waals surface area contributed by atoms with E-state index in [9.17, 15) is 5.26 Å². The molecule has 122 valence electrons. The van der Waals surface area contributed by atoms with Crippen molar-refractivity contribution >= 4 is 33.7 Å². The molecule has 0 amide bonds. The summed E-state index contributed by atoms with van der Waals surface area (Å²) in [5.41, 5.74) is 11.2. The summed E-state index contributed by atoms with van der Waals surface area (Å²) in [5.74, 6) is 0.352. The van der Waals surface area contributed by atoms with Gasteiger partial charge in [0.15, 0.2) is 5.65 Å². The van der Waals surface area contributed by atoms with E-state index in [0.717, 1.165) is 22.4 Å². The van der Waals surface area contributed by atoms with Gasteiger partial charge in [0.2, 0.25) is 0 Å². The summed E-state index contributed by atoms with van der Waals surface area (Å²) in [7, 11) is 3.97. The van der Waals surface area contributed by atoms with Crippen LogP contribution in [0.3, 0.4) is 0 Å². The van der Waals surface area contributed by atoms with Gasteiger partial charge in [-0.15, -0.1) is 0 Å². The number of para-hydroxylation sites is 2. The van der Waals surface area contributed by atoms with Gasteiger partial charge >= 0.3 is 0 Å². The highest BCUT2D eigenvalue weighted by molar-refractivity contribution is 5.93. The van der Waals surface area contributed by atoms with Crippen molar-refractivity contribution in [1.29, 1.82) is 5.26 Å². The van der Waals surface area contributed by atoms with E-state index in [2.05, 4.69) is 11.1 Å². The predicted octanol–water partition coefficient (Wildman–Crippen LogP) is 3.09. The third-order valence-electron chi connectivity index (χ3n) is 4.23. The van der Waals surface area contributed by atoms with Gasteiger partial charge < -0.3 is 10.6 Å². The van der Waals surface area contributed by atoms with Crippen molar-refractivity contribution in [3.05, 3.63) is 54.1 Å². The van der Waals surface area contributed by atoms with Crippen LogP contribution >= 0.6 is 0 Å². The molecule has 0 spiro atoms. The standard InChI is InChI=1S/C19H16N6/c1-24(2)12-7-9-13(10-8-12)25-18(21)14(11-20)17-19(25)23-16-6-4-3-5-15(16)22-17/h3-10H,21H2,1-2H3. The van der Waals surface area contributed by atoms with Gasteiger partial charge in [-0.2, -0.15) is 5.26 Å². The minimum absolute atomic E-state index is 0.352. The highest BCUT2D eigenvalue weighted by atomic mass is 15.1. The second-order valence-electron chi connectivity index (χ2n) is 6.00. The molecule has 0 saturated carbocycles. The average Bonchev–Trinajstić information content (AvgIpc) is 2.90. The third kappa shape index (κ3) is 2.25. The molecule has 0 aliphatic rings. The molecule has 0 atom stereocenters. The van der Waals surface area contributed by atoms with Crippen LogP contribution in [0.1, 0.15) is 5.56 Å². The monoisotopic (exact) mass is 328 g/mol. The van der Waals surface area contributed by atoms with Crippen LogP contribution in [0.5, 0.6) is 0 Å². The fourth-order valence-electron chi connectivity index (χ4n) is 2.93. The van der Waals surface area contributed by atoms with E-state index >= 15 is 0 Å².